The van der Waals surface area contributed by atoms with Crippen LogP contribution in [0.4, 0.5) is 0 Å². The number of amides is 1. The van der Waals surface area contributed by atoms with Crippen molar-refractivity contribution in [1.29, 1.82) is 0 Å². The first-order valence-corrected chi connectivity index (χ1v) is 26.6. The van der Waals surface area contributed by atoms with Crippen LogP contribution in [-0.4, -0.2) is 110 Å². The lowest BCUT2D eigenvalue weighted by Crippen LogP contribution is -2.60. The largest absolute Gasteiger partial charge is 0.394 e. The number of unbranched alkanes of at least 4 members (excludes halogenated alkanes) is 31. The molecule has 1 heterocycles. The molecule has 63 heavy (non-hydrogen) atoms. The third-order valence-electron chi connectivity index (χ3n) is 13.1. The van der Waals surface area contributed by atoms with Gasteiger partial charge in [-0.1, -0.05) is 219 Å². The zero-order chi connectivity index (χ0) is 46.2. The Morgan fingerprint density at radius 1 is 0.540 bits per heavy atom. The molecule has 0 bridgehead atoms. The lowest BCUT2D eigenvalue weighted by molar-refractivity contribution is -0.303. The molecule has 11 nitrogen and oxygen atoms in total. The van der Waals surface area contributed by atoms with Crippen LogP contribution in [0, 0.1) is 0 Å². The Morgan fingerprint density at radius 3 is 1.37 bits per heavy atom. The van der Waals surface area contributed by atoms with Gasteiger partial charge in [-0.2, -0.15) is 0 Å². The first-order valence-electron chi connectivity index (χ1n) is 26.6. The lowest BCUT2D eigenvalue weighted by atomic mass is 9.98. The summed E-state index contributed by atoms with van der Waals surface area (Å²) in [5.74, 6) is -0.708. The van der Waals surface area contributed by atoms with Crippen molar-refractivity contribution in [1.82, 2.24) is 5.32 Å². The molecule has 1 rings (SSSR count). The van der Waals surface area contributed by atoms with Crippen molar-refractivity contribution in [3.8, 4) is 0 Å². The van der Waals surface area contributed by atoms with Gasteiger partial charge in [0.1, 0.15) is 36.6 Å². The summed E-state index contributed by atoms with van der Waals surface area (Å²) in [7, 11) is 0. The van der Waals surface area contributed by atoms with Crippen LogP contribution in [0.2, 0.25) is 0 Å². The molecule has 0 aromatic rings. The topological polar surface area (TPSA) is 189 Å². The summed E-state index contributed by atoms with van der Waals surface area (Å²) in [5, 5.41) is 75.6. The van der Waals surface area contributed by atoms with Gasteiger partial charge in [-0.15, -0.1) is 0 Å². The summed E-state index contributed by atoms with van der Waals surface area (Å²) in [6.07, 6.45) is 36.0. The third-order valence-corrected chi connectivity index (χ3v) is 13.1. The van der Waals surface area contributed by atoms with Gasteiger partial charge in [-0.25, -0.2) is 0 Å². The number of hydrogen-bond donors (Lipinski definition) is 8. The molecule has 0 spiro atoms. The van der Waals surface area contributed by atoms with E-state index in [4.69, 9.17) is 9.47 Å². The second-order valence-electron chi connectivity index (χ2n) is 19.0. The maximum absolute atomic E-state index is 13.0. The zero-order valence-electron chi connectivity index (χ0n) is 40.6. The van der Waals surface area contributed by atoms with Gasteiger partial charge < -0.3 is 50.5 Å². The first-order chi connectivity index (χ1) is 30.7. The molecule has 0 aromatic heterocycles. The summed E-state index contributed by atoms with van der Waals surface area (Å²) >= 11 is 0. The van der Waals surface area contributed by atoms with Gasteiger partial charge in [0.15, 0.2) is 6.29 Å². The molecular weight excluding hydrogens is 799 g/mol. The molecule has 1 aliphatic rings. The highest BCUT2D eigenvalue weighted by Gasteiger charge is 2.44. The van der Waals surface area contributed by atoms with Gasteiger partial charge in [-0.3, -0.25) is 4.79 Å². The molecule has 1 fully saturated rings. The quantitative estimate of drug-likeness (QED) is 0.0216. The van der Waals surface area contributed by atoms with Crippen LogP contribution in [0.15, 0.2) is 12.2 Å². The van der Waals surface area contributed by atoms with Gasteiger partial charge in [0.2, 0.25) is 5.91 Å². The number of allylic oxidation sites excluding steroid dienone is 2. The molecular formula is C52H101NO10. The second kappa shape index (κ2) is 42.2. The minimum Gasteiger partial charge on any atom is -0.394 e. The van der Waals surface area contributed by atoms with E-state index in [1.807, 2.05) is 0 Å². The van der Waals surface area contributed by atoms with Gasteiger partial charge in [-0.05, 0) is 38.5 Å². The van der Waals surface area contributed by atoms with Crippen LogP contribution in [0.1, 0.15) is 245 Å². The minimum atomic E-state index is -1.66. The normalized spacial score (nSPS) is 21.2. The van der Waals surface area contributed by atoms with E-state index in [1.54, 1.807) is 0 Å². The fourth-order valence-electron chi connectivity index (χ4n) is 8.68. The zero-order valence-corrected chi connectivity index (χ0v) is 40.6. The van der Waals surface area contributed by atoms with E-state index in [0.717, 1.165) is 38.5 Å². The van der Waals surface area contributed by atoms with Crippen LogP contribution in [0.5, 0.6) is 0 Å². The van der Waals surface area contributed by atoms with Crippen LogP contribution in [0.3, 0.4) is 0 Å². The van der Waals surface area contributed by atoms with Crippen molar-refractivity contribution in [2.45, 2.75) is 300 Å². The van der Waals surface area contributed by atoms with Crippen LogP contribution in [0.25, 0.3) is 0 Å². The standard InChI is InChI=1S/C52H101NO10/c1-3-5-7-9-11-13-14-15-16-17-18-19-20-21-22-23-24-25-26-27-28-29-30-31-32-34-35-37-39-44(55)47(57)43(42-62-52-50(60)49(59)48(58)46(41-54)63-52)53-51(61)45(56)40-38-36-33-12-10-8-6-4-2/h32,34,43-50,52,54-60H,3-31,33,35-42H2,1-2H3,(H,53,61)/b34-32+. The van der Waals surface area contributed by atoms with Crippen molar-refractivity contribution >= 4 is 5.91 Å². The molecule has 1 amide bonds. The third kappa shape index (κ3) is 31.5. The van der Waals surface area contributed by atoms with Crippen LogP contribution in [-0.2, 0) is 14.3 Å². The highest BCUT2D eigenvalue weighted by atomic mass is 16.7. The van der Waals surface area contributed by atoms with Gasteiger partial charge >= 0.3 is 0 Å². The predicted octanol–water partition coefficient (Wildman–Crippen LogP) is 10.0. The molecule has 374 valence electrons. The Balaban J connectivity index is 2.24. The van der Waals surface area contributed by atoms with E-state index in [2.05, 4.69) is 31.3 Å². The molecule has 9 atom stereocenters. The molecule has 0 aliphatic carbocycles. The van der Waals surface area contributed by atoms with Gasteiger partial charge in [0.25, 0.3) is 0 Å². The van der Waals surface area contributed by atoms with E-state index < -0.39 is 74.2 Å². The van der Waals surface area contributed by atoms with Crippen molar-refractivity contribution in [2.24, 2.45) is 0 Å². The average molecular weight is 900 g/mol. The average Bonchev–Trinajstić information content (AvgIpc) is 3.28. The second-order valence-corrected chi connectivity index (χ2v) is 19.0. The molecule has 9 unspecified atom stereocenters. The van der Waals surface area contributed by atoms with Crippen LogP contribution >= 0.6 is 0 Å². The smallest absolute Gasteiger partial charge is 0.249 e. The number of nitrogens with one attached hydrogen (secondary N) is 1. The molecule has 11 heteroatoms. The highest BCUT2D eigenvalue weighted by molar-refractivity contribution is 5.80. The van der Waals surface area contributed by atoms with E-state index in [0.29, 0.717) is 12.8 Å². The molecule has 0 aromatic carbocycles. The van der Waals surface area contributed by atoms with Crippen molar-refractivity contribution in [3.63, 3.8) is 0 Å². The summed E-state index contributed by atoms with van der Waals surface area (Å²) in [6.45, 7) is 3.40. The summed E-state index contributed by atoms with van der Waals surface area (Å²) < 4.78 is 11.1. The van der Waals surface area contributed by atoms with Gasteiger partial charge in [0, 0.05) is 0 Å². The fraction of sp³-hybridized carbons (Fsp3) is 0.942. The number of aliphatic hydroxyl groups excluding tert-OH is 7. The fourth-order valence-corrected chi connectivity index (χ4v) is 8.68. The number of rotatable bonds is 45. The minimum absolute atomic E-state index is 0.256. The molecule has 0 radical (unpaired) electrons. The Labute approximate surface area is 385 Å². The van der Waals surface area contributed by atoms with Crippen molar-refractivity contribution in [2.75, 3.05) is 13.2 Å². The number of hydrogen-bond acceptors (Lipinski definition) is 10. The maximum atomic E-state index is 13.0. The number of carbonyl (C=O) groups is 1. The summed E-state index contributed by atoms with van der Waals surface area (Å²) in [5.41, 5.74) is 0. The Bertz CT molecular complexity index is 1030. The molecule has 0 saturated carbocycles. The Hall–Kier alpha value is -1.15. The SMILES string of the molecule is CCCCCCCCCCCCCCCCCCCCCCCCC/C=C/CCCC(O)C(O)C(COC1OC(CO)C(O)C(O)C1O)NC(=O)C(O)CCCCCCCCCC. The van der Waals surface area contributed by atoms with Crippen LogP contribution < -0.4 is 5.32 Å². The molecule has 8 N–H and O–H groups in total. The molecule has 1 aliphatic heterocycles. The number of ether oxygens (including phenoxy) is 2. The first kappa shape index (κ1) is 59.9. The summed E-state index contributed by atoms with van der Waals surface area (Å²) in [6, 6.07) is -1.18. The number of carbonyl (C=O) groups excluding carboxylic acids is 1. The maximum Gasteiger partial charge on any atom is 0.249 e. The Morgan fingerprint density at radius 2 is 0.937 bits per heavy atom. The lowest BCUT2D eigenvalue weighted by Gasteiger charge is -2.40. The predicted molar refractivity (Wildman–Crippen MR) is 256 cm³/mol. The van der Waals surface area contributed by atoms with E-state index in [9.17, 15) is 40.5 Å². The van der Waals surface area contributed by atoms with E-state index in [-0.39, 0.29) is 12.8 Å². The number of aliphatic hydroxyl groups is 7. The van der Waals surface area contributed by atoms with Gasteiger partial charge in [0.05, 0.1) is 25.4 Å². The monoisotopic (exact) mass is 900 g/mol. The van der Waals surface area contributed by atoms with Crippen molar-refractivity contribution < 1.29 is 50.0 Å². The molecule has 1 saturated heterocycles. The van der Waals surface area contributed by atoms with E-state index in [1.165, 1.54) is 167 Å². The summed E-state index contributed by atoms with van der Waals surface area (Å²) in [4.78, 5) is 13.0. The van der Waals surface area contributed by atoms with Crippen molar-refractivity contribution in [3.05, 3.63) is 12.2 Å². The highest BCUT2D eigenvalue weighted by Crippen LogP contribution is 2.23. The van der Waals surface area contributed by atoms with E-state index >= 15 is 0 Å². The Kier molecular flexibility index (Phi) is 40.1.